The van der Waals surface area contributed by atoms with Crippen LogP contribution in [0.1, 0.15) is 68.8 Å². The first-order chi connectivity index (χ1) is 16.7. The molecule has 9 heteroatoms. The molecule has 2 fully saturated rings. The molecule has 1 aliphatic carbocycles. The minimum absolute atomic E-state index is 0.123. The fourth-order valence-electron chi connectivity index (χ4n) is 5.20. The van der Waals surface area contributed by atoms with E-state index < -0.39 is 23.6 Å². The van der Waals surface area contributed by atoms with Crippen LogP contribution in [0, 0.1) is 5.41 Å². The summed E-state index contributed by atoms with van der Waals surface area (Å²) in [6, 6.07) is 6.80. The topological polar surface area (TPSA) is 110 Å². The fourth-order valence-corrected chi connectivity index (χ4v) is 5.20. The number of benzene rings is 1. The Morgan fingerprint density at radius 3 is 2.69 bits per heavy atom. The van der Waals surface area contributed by atoms with Gasteiger partial charge in [-0.1, -0.05) is 50.3 Å². The number of carbonyl (C=O) groups excluding carboxylic acids is 2. The lowest BCUT2D eigenvalue weighted by atomic mass is 9.85. The first-order valence-electron chi connectivity index (χ1n) is 12.6. The van der Waals surface area contributed by atoms with Gasteiger partial charge < -0.3 is 20.1 Å². The molecule has 1 aromatic carbocycles. The average molecular weight is 482 g/mol. The Morgan fingerprint density at radius 2 is 1.97 bits per heavy atom. The Morgan fingerprint density at radius 1 is 1.23 bits per heavy atom. The minimum Gasteiger partial charge on any atom is -0.391 e. The molecular weight excluding hydrogens is 446 g/mol. The number of amides is 2. The summed E-state index contributed by atoms with van der Waals surface area (Å²) in [7, 11) is 0. The highest BCUT2D eigenvalue weighted by Crippen LogP contribution is 2.40. The molecule has 9 nitrogen and oxygen atoms in total. The molecule has 3 aliphatic rings. The van der Waals surface area contributed by atoms with Crippen LogP contribution in [0.5, 0.6) is 0 Å². The monoisotopic (exact) mass is 481 g/mol. The molecule has 2 unspecified atom stereocenters. The maximum Gasteiger partial charge on any atom is 0.248 e. The number of carbonyl (C=O) groups is 2. The number of aliphatic hydroxyl groups is 1. The first-order valence-corrected chi connectivity index (χ1v) is 12.6. The summed E-state index contributed by atoms with van der Waals surface area (Å²) < 4.78 is 7.56. The van der Waals surface area contributed by atoms with Crippen molar-refractivity contribution in [2.75, 3.05) is 13.1 Å². The molecule has 0 bridgehead atoms. The van der Waals surface area contributed by atoms with Crippen molar-refractivity contribution in [2.24, 2.45) is 5.41 Å². The summed E-state index contributed by atoms with van der Waals surface area (Å²) in [5.74, 6) is -0.0489. The second-order valence-corrected chi connectivity index (χ2v) is 11.2. The standard InChI is InChI=1S/C26H35N5O4/c1-26(2,3)23(31-14-21(28-29-31)16-8-9-16)25(34)30-13-19(32)11-22(30)24(33)27-12-20-10-17-6-4-5-7-18(17)15-35-20/h4-7,14,16,19-20,22-23,32H,8-13,15H2,1-3H3,(H,27,33)/t19?,20-,22?,23+/m0/s1. The number of nitrogens with one attached hydrogen (secondary N) is 1. The third kappa shape index (κ3) is 5.11. The second-order valence-electron chi connectivity index (χ2n) is 11.2. The van der Waals surface area contributed by atoms with Gasteiger partial charge in [0.2, 0.25) is 11.8 Å². The molecule has 1 saturated heterocycles. The lowest BCUT2D eigenvalue weighted by Crippen LogP contribution is -2.51. The van der Waals surface area contributed by atoms with Crippen LogP contribution < -0.4 is 5.32 Å². The number of nitrogens with zero attached hydrogens (tertiary/aromatic N) is 4. The van der Waals surface area contributed by atoms with Crippen LogP contribution >= 0.6 is 0 Å². The van der Waals surface area contributed by atoms with Gasteiger partial charge in [-0.3, -0.25) is 9.59 Å². The maximum atomic E-state index is 13.8. The van der Waals surface area contributed by atoms with Gasteiger partial charge >= 0.3 is 0 Å². The summed E-state index contributed by atoms with van der Waals surface area (Å²) in [6.07, 6.45) is 4.15. The molecule has 1 aromatic heterocycles. The summed E-state index contributed by atoms with van der Waals surface area (Å²) >= 11 is 0. The van der Waals surface area contributed by atoms with Gasteiger partial charge in [0.25, 0.3) is 0 Å². The molecule has 2 aliphatic heterocycles. The van der Waals surface area contributed by atoms with E-state index in [-0.39, 0.29) is 30.9 Å². The van der Waals surface area contributed by atoms with Gasteiger partial charge in [-0.2, -0.15) is 0 Å². The molecule has 4 atom stereocenters. The van der Waals surface area contributed by atoms with Crippen LogP contribution in [0.2, 0.25) is 0 Å². The van der Waals surface area contributed by atoms with Crippen LogP contribution in [-0.2, 0) is 27.4 Å². The lowest BCUT2D eigenvalue weighted by Gasteiger charge is -2.34. The van der Waals surface area contributed by atoms with Crippen molar-refractivity contribution in [2.45, 2.75) is 83.3 Å². The predicted molar refractivity (Wildman–Crippen MR) is 128 cm³/mol. The van der Waals surface area contributed by atoms with E-state index in [4.69, 9.17) is 4.74 Å². The number of likely N-dealkylation sites (tertiary alicyclic amines) is 1. The molecule has 188 valence electrons. The number of rotatable bonds is 6. The van der Waals surface area contributed by atoms with Crippen LogP contribution in [0.4, 0.5) is 0 Å². The lowest BCUT2D eigenvalue weighted by molar-refractivity contribution is -0.144. The molecule has 0 spiro atoms. The molecule has 2 amide bonds. The van der Waals surface area contributed by atoms with E-state index >= 15 is 0 Å². The molecule has 35 heavy (non-hydrogen) atoms. The van der Waals surface area contributed by atoms with Crippen LogP contribution in [0.25, 0.3) is 0 Å². The van der Waals surface area contributed by atoms with E-state index in [2.05, 4.69) is 27.8 Å². The third-order valence-electron chi connectivity index (χ3n) is 7.25. The zero-order valence-corrected chi connectivity index (χ0v) is 20.7. The van der Waals surface area contributed by atoms with Gasteiger partial charge in [0.05, 0.1) is 24.5 Å². The van der Waals surface area contributed by atoms with Gasteiger partial charge in [0.15, 0.2) is 0 Å². The number of fused-ring (bicyclic) bond motifs is 1. The molecule has 2 aromatic rings. The molecule has 5 rings (SSSR count). The van der Waals surface area contributed by atoms with Gasteiger partial charge in [-0.15, -0.1) is 5.10 Å². The van der Waals surface area contributed by atoms with Gasteiger partial charge in [-0.05, 0) is 29.4 Å². The van der Waals surface area contributed by atoms with E-state index in [1.165, 1.54) is 16.0 Å². The highest BCUT2D eigenvalue weighted by Gasteiger charge is 2.45. The first kappa shape index (κ1) is 23.9. The van der Waals surface area contributed by atoms with E-state index in [9.17, 15) is 14.7 Å². The number of hydrogen-bond donors (Lipinski definition) is 2. The van der Waals surface area contributed by atoms with E-state index in [1.54, 1.807) is 4.68 Å². The van der Waals surface area contributed by atoms with Crippen LogP contribution in [-0.4, -0.2) is 68.2 Å². The number of ether oxygens (including phenoxy) is 1. The van der Waals surface area contributed by atoms with Crippen molar-refractivity contribution in [3.8, 4) is 0 Å². The van der Waals surface area contributed by atoms with E-state index in [0.717, 1.165) is 25.0 Å². The normalized spacial score (nSPS) is 25.3. The van der Waals surface area contributed by atoms with Crippen molar-refractivity contribution >= 4 is 11.8 Å². The van der Waals surface area contributed by atoms with Crippen molar-refractivity contribution < 1.29 is 19.4 Å². The third-order valence-corrected chi connectivity index (χ3v) is 7.25. The number of β-amino-alcohol motifs (C(OH)–C–C–N with tert-alkyl or cyclic N) is 1. The number of aromatic nitrogens is 3. The van der Waals surface area contributed by atoms with Crippen molar-refractivity contribution in [1.82, 2.24) is 25.2 Å². The zero-order valence-electron chi connectivity index (χ0n) is 20.7. The average Bonchev–Trinajstić information content (AvgIpc) is 3.43. The molecular formula is C26H35N5O4. The number of aliphatic hydroxyl groups excluding tert-OH is 1. The minimum atomic E-state index is -0.745. The van der Waals surface area contributed by atoms with Crippen LogP contribution in [0.15, 0.2) is 30.5 Å². The van der Waals surface area contributed by atoms with E-state index in [1.807, 2.05) is 39.1 Å². The predicted octanol–water partition coefficient (Wildman–Crippen LogP) is 1.96. The Kier molecular flexibility index (Phi) is 6.40. The quantitative estimate of drug-likeness (QED) is 0.653. The fraction of sp³-hybridized carbons (Fsp3) is 0.615. The van der Waals surface area contributed by atoms with Crippen LogP contribution in [0.3, 0.4) is 0 Å². The SMILES string of the molecule is CC(C)(C)[C@@H](C(=O)N1CC(O)CC1C(=O)NC[C@@H]1Cc2ccccc2CO1)n1cc(C2CC2)nn1. The zero-order chi connectivity index (χ0) is 24.7. The maximum absolute atomic E-state index is 13.8. The molecule has 1 saturated carbocycles. The van der Waals surface area contributed by atoms with E-state index in [0.29, 0.717) is 19.1 Å². The summed E-state index contributed by atoms with van der Waals surface area (Å²) in [5, 5.41) is 21.9. The second kappa shape index (κ2) is 9.35. The van der Waals surface area contributed by atoms with Crippen molar-refractivity contribution in [3.63, 3.8) is 0 Å². The van der Waals surface area contributed by atoms with Crippen molar-refractivity contribution in [1.29, 1.82) is 0 Å². The summed E-state index contributed by atoms with van der Waals surface area (Å²) in [4.78, 5) is 28.5. The largest absolute Gasteiger partial charge is 0.391 e. The highest BCUT2D eigenvalue weighted by atomic mass is 16.5. The Bertz CT molecular complexity index is 1090. The van der Waals surface area contributed by atoms with Gasteiger partial charge in [-0.25, -0.2) is 4.68 Å². The van der Waals surface area contributed by atoms with Crippen molar-refractivity contribution in [3.05, 3.63) is 47.3 Å². The number of hydrogen-bond acceptors (Lipinski definition) is 6. The Hall–Kier alpha value is -2.78. The Balaban J connectivity index is 1.27. The summed E-state index contributed by atoms with van der Waals surface area (Å²) in [6.45, 7) is 6.95. The molecule has 3 heterocycles. The highest BCUT2D eigenvalue weighted by molar-refractivity contribution is 5.90. The van der Waals surface area contributed by atoms with Gasteiger partial charge in [0, 0.05) is 38.0 Å². The van der Waals surface area contributed by atoms with Gasteiger partial charge in [0.1, 0.15) is 12.1 Å². The Labute approximate surface area is 205 Å². The molecule has 2 N–H and O–H groups in total. The summed E-state index contributed by atoms with van der Waals surface area (Å²) in [5.41, 5.74) is 2.87. The molecule has 0 radical (unpaired) electrons. The smallest absolute Gasteiger partial charge is 0.248 e.